The monoisotopic (exact) mass is 538 g/mol. The molecule has 0 bridgehead atoms. The number of anilines is 1. The number of carbonyl (C=O) groups is 1. The zero-order valence-electron chi connectivity index (χ0n) is 23.3. The zero-order valence-corrected chi connectivity index (χ0v) is 23.3. The minimum atomic E-state index is -0.519. The van der Waals surface area contributed by atoms with Crippen LogP contribution >= 0.6 is 0 Å². The molecule has 4 aromatic rings. The van der Waals surface area contributed by atoms with Gasteiger partial charge in [-0.2, -0.15) is 5.10 Å². The first-order valence-electron chi connectivity index (χ1n) is 13.9. The predicted molar refractivity (Wildman–Crippen MR) is 154 cm³/mol. The smallest absolute Gasteiger partial charge is 0.410 e. The van der Waals surface area contributed by atoms with Gasteiger partial charge in [0.05, 0.1) is 36.3 Å². The molecule has 2 aliphatic heterocycles. The number of imidazole rings is 1. The van der Waals surface area contributed by atoms with Crippen LogP contribution in [-0.4, -0.2) is 75.6 Å². The highest BCUT2D eigenvalue weighted by Gasteiger charge is 2.31. The van der Waals surface area contributed by atoms with Crippen molar-refractivity contribution in [3.05, 3.63) is 65.7 Å². The molecule has 40 heavy (non-hydrogen) atoms. The molecule has 0 radical (unpaired) electrons. The van der Waals surface area contributed by atoms with Gasteiger partial charge in [-0.1, -0.05) is 24.3 Å². The Morgan fingerprint density at radius 2 is 1.75 bits per heavy atom. The van der Waals surface area contributed by atoms with E-state index in [1.807, 2.05) is 73.9 Å². The van der Waals surface area contributed by atoms with Gasteiger partial charge < -0.3 is 19.3 Å². The molecule has 6 rings (SSSR count). The van der Waals surface area contributed by atoms with E-state index in [-0.39, 0.29) is 12.0 Å². The lowest BCUT2D eigenvalue weighted by atomic mass is 9.92. The minimum Gasteiger partial charge on any atom is -0.444 e. The average molecular weight is 539 g/mol. The van der Waals surface area contributed by atoms with E-state index in [4.69, 9.17) is 24.5 Å². The van der Waals surface area contributed by atoms with Crippen LogP contribution in [0, 0.1) is 11.8 Å². The summed E-state index contributed by atoms with van der Waals surface area (Å²) < 4.78 is 13.1. The van der Waals surface area contributed by atoms with Gasteiger partial charge in [-0.25, -0.2) is 19.3 Å². The van der Waals surface area contributed by atoms with Crippen molar-refractivity contribution in [3.8, 4) is 11.8 Å². The van der Waals surface area contributed by atoms with Crippen molar-refractivity contribution in [2.75, 3.05) is 44.3 Å². The van der Waals surface area contributed by atoms with Crippen LogP contribution in [0.3, 0.4) is 0 Å². The van der Waals surface area contributed by atoms with Crippen molar-refractivity contribution in [1.29, 1.82) is 0 Å². The Hall–Kier alpha value is -4.16. The van der Waals surface area contributed by atoms with Crippen molar-refractivity contribution >= 4 is 28.3 Å². The first-order chi connectivity index (χ1) is 19.4. The highest BCUT2D eigenvalue weighted by Crippen LogP contribution is 2.33. The molecule has 2 aliphatic rings. The maximum atomic E-state index is 12.7. The summed E-state index contributed by atoms with van der Waals surface area (Å²) in [7, 11) is 0. The molecule has 0 spiro atoms. The first kappa shape index (κ1) is 26.1. The average Bonchev–Trinajstić information content (AvgIpc) is 3.34. The Morgan fingerprint density at radius 1 is 0.975 bits per heavy atom. The largest absolute Gasteiger partial charge is 0.444 e. The number of hydrogen-bond donors (Lipinski definition) is 0. The molecule has 9 heteroatoms. The molecule has 1 amide bonds. The lowest BCUT2D eigenvalue weighted by Gasteiger charge is -2.33. The van der Waals surface area contributed by atoms with E-state index in [0.29, 0.717) is 37.7 Å². The van der Waals surface area contributed by atoms with Crippen molar-refractivity contribution in [2.45, 2.75) is 45.1 Å². The van der Waals surface area contributed by atoms with Crippen LogP contribution in [-0.2, 0) is 9.47 Å². The van der Waals surface area contributed by atoms with Gasteiger partial charge in [-0.3, -0.25) is 0 Å². The van der Waals surface area contributed by atoms with E-state index in [1.54, 1.807) is 4.90 Å². The second-order valence-electron chi connectivity index (χ2n) is 11.3. The van der Waals surface area contributed by atoms with E-state index in [1.165, 1.54) is 0 Å². The number of fused-ring (bicyclic) bond motifs is 2. The van der Waals surface area contributed by atoms with Crippen LogP contribution in [0.25, 0.3) is 16.6 Å². The second-order valence-corrected chi connectivity index (χ2v) is 11.3. The number of benzene rings is 1. The normalized spacial score (nSPS) is 16.7. The van der Waals surface area contributed by atoms with Crippen molar-refractivity contribution in [2.24, 2.45) is 0 Å². The lowest BCUT2D eigenvalue weighted by molar-refractivity contribution is 0.0203. The molecule has 206 valence electrons. The van der Waals surface area contributed by atoms with Crippen LogP contribution in [0.1, 0.15) is 56.6 Å². The summed E-state index contributed by atoms with van der Waals surface area (Å²) in [5, 5.41) is 5.82. The molecule has 0 saturated carbocycles. The predicted octanol–water partition coefficient (Wildman–Crippen LogP) is 4.63. The Morgan fingerprint density at radius 3 is 2.52 bits per heavy atom. The number of nitrogens with zero attached hydrogens (tertiary/aromatic N) is 6. The van der Waals surface area contributed by atoms with Gasteiger partial charge in [0.15, 0.2) is 5.65 Å². The standard InChI is InChI=1S/C31H34N6O3/c1-31(2,3)40-30(38)36-16-13-23(14-17-36)28-26(11-10-24-9-8-22-6-4-5-7-25(22)33-24)34-29-27(12-15-32-37(28)29)35-18-20-39-21-19-35/h4-9,12,15,23H,13-14,16-21H2,1-3H3. The molecule has 2 saturated heterocycles. The van der Waals surface area contributed by atoms with Gasteiger partial charge in [0.25, 0.3) is 0 Å². The summed E-state index contributed by atoms with van der Waals surface area (Å²) in [5.41, 5.74) is 4.61. The fourth-order valence-corrected chi connectivity index (χ4v) is 5.38. The van der Waals surface area contributed by atoms with Gasteiger partial charge in [0.1, 0.15) is 17.0 Å². The van der Waals surface area contributed by atoms with E-state index in [9.17, 15) is 4.79 Å². The summed E-state index contributed by atoms with van der Waals surface area (Å²) in [6.07, 6.45) is 3.12. The third-order valence-corrected chi connectivity index (χ3v) is 7.33. The van der Waals surface area contributed by atoms with E-state index in [2.05, 4.69) is 16.7 Å². The molecule has 0 aliphatic carbocycles. The molecule has 3 aromatic heterocycles. The molecule has 9 nitrogen and oxygen atoms in total. The van der Waals surface area contributed by atoms with Crippen molar-refractivity contribution < 1.29 is 14.3 Å². The zero-order chi connectivity index (χ0) is 27.7. The number of hydrogen-bond acceptors (Lipinski definition) is 7. The Balaban J connectivity index is 1.36. The maximum Gasteiger partial charge on any atom is 0.410 e. The second kappa shape index (κ2) is 10.8. The Kier molecular flexibility index (Phi) is 7.03. The Labute approximate surface area is 234 Å². The van der Waals surface area contributed by atoms with E-state index >= 15 is 0 Å². The van der Waals surface area contributed by atoms with Gasteiger partial charge in [-0.15, -0.1) is 0 Å². The lowest BCUT2D eigenvalue weighted by Crippen LogP contribution is -2.41. The molecule has 0 atom stereocenters. The first-order valence-corrected chi connectivity index (χ1v) is 13.9. The maximum absolute atomic E-state index is 12.7. The fourth-order valence-electron chi connectivity index (χ4n) is 5.38. The number of pyridine rings is 1. The summed E-state index contributed by atoms with van der Waals surface area (Å²) in [5.74, 6) is 6.75. The third-order valence-electron chi connectivity index (χ3n) is 7.33. The van der Waals surface area contributed by atoms with Crippen LogP contribution in [0.5, 0.6) is 0 Å². The molecular formula is C31H34N6O3. The number of morpholine rings is 1. The quantitative estimate of drug-likeness (QED) is 0.344. The number of aromatic nitrogens is 4. The third kappa shape index (κ3) is 5.45. The summed E-state index contributed by atoms with van der Waals surface area (Å²) >= 11 is 0. The van der Waals surface area contributed by atoms with Crippen LogP contribution in [0.2, 0.25) is 0 Å². The fraction of sp³-hybridized carbons (Fsp3) is 0.419. The topological polar surface area (TPSA) is 85.1 Å². The Bertz CT molecular complexity index is 1600. The van der Waals surface area contributed by atoms with E-state index < -0.39 is 5.60 Å². The number of rotatable bonds is 2. The van der Waals surface area contributed by atoms with Crippen LogP contribution in [0.4, 0.5) is 10.5 Å². The number of likely N-dealkylation sites (tertiary alicyclic amines) is 1. The number of amides is 1. The minimum absolute atomic E-state index is 0.148. The SMILES string of the molecule is CC(C)(C)OC(=O)N1CCC(c2c(C#Cc3ccc4ccccc4n3)nc3c(N4CCOCC4)ccnn23)CC1. The molecular weight excluding hydrogens is 504 g/mol. The number of piperidine rings is 1. The van der Waals surface area contributed by atoms with Gasteiger partial charge in [0.2, 0.25) is 0 Å². The summed E-state index contributed by atoms with van der Waals surface area (Å²) in [4.78, 5) is 26.6. The summed E-state index contributed by atoms with van der Waals surface area (Å²) in [6, 6.07) is 14.0. The van der Waals surface area contributed by atoms with Crippen LogP contribution < -0.4 is 4.90 Å². The van der Waals surface area contributed by atoms with Crippen molar-refractivity contribution in [3.63, 3.8) is 0 Å². The highest BCUT2D eigenvalue weighted by atomic mass is 16.6. The molecule has 0 N–H and O–H groups in total. The summed E-state index contributed by atoms with van der Waals surface area (Å²) in [6.45, 7) is 9.87. The number of ether oxygens (including phenoxy) is 2. The molecule has 0 unspecified atom stereocenters. The molecule has 5 heterocycles. The van der Waals surface area contributed by atoms with Crippen LogP contribution in [0.15, 0.2) is 48.7 Å². The van der Waals surface area contributed by atoms with Gasteiger partial charge in [-0.05, 0) is 63.7 Å². The van der Waals surface area contributed by atoms with Gasteiger partial charge in [0, 0.05) is 37.5 Å². The molecule has 1 aromatic carbocycles. The van der Waals surface area contributed by atoms with E-state index in [0.717, 1.165) is 53.9 Å². The highest BCUT2D eigenvalue weighted by molar-refractivity contribution is 5.79. The number of para-hydroxylation sites is 1. The number of carbonyl (C=O) groups excluding carboxylic acids is 1. The molecule has 2 fully saturated rings. The van der Waals surface area contributed by atoms with Crippen molar-refractivity contribution in [1.82, 2.24) is 24.5 Å². The van der Waals surface area contributed by atoms with Gasteiger partial charge >= 0.3 is 6.09 Å².